The summed E-state index contributed by atoms with van der Waals surface area (Å²) in [6.45, 7) is 3.66. The van der Waals surface area contributed by atoms with Crippen LogP contribution in [0.15, 0.2) is 41.5 Å². The minimum Gasteiger partial charge on any atom is -0.496 e. The number of anilines is 1. The molecule has 108 valence electrons. The van der Waals surface area contributed by atoms with Crippen LogP contribution in [0.25, 0.3) is 6.08 Å². The highest BCUT2D eigenvalue weighted by atomic mass is 79.9. The average Bonchev–Trinajstić information content (AvgIpc) is 2.51. The predicted molar refractivity (Wildman–Crippen MR) is 88.0 cm³/mol. The van der Waals surface area contributed by atoms with Gasteiger partial charge in [-0.25, -0.2) is 0 Å². The van der Waals surface area contributed by atoms with Crippen molar-refractivity contribution in [2.24, 2.45) is 0 Å². The summed E-state index contributed by atoms with van der Waals surface area (Å²) in [4.78, 5) is 16.3. The summed E-state index contributed by atoms with van der Waals surface area (Å²) in [5, 5.41) is 3.14. The molecule has 0 saturated carbocycles. The smallest absolute Gasteiger partial charge is 0.274 e. The quantitative estimate of drug-likeness (QED) is 0.871. The fraction of sp³-hybridized carbons (Fsp3) is 0.0667. The van der Waals surface area contributed by atoms with E-state index in [9.17, 15) is 4.79 Å². The minimum atomic E-state index is -0.371. The van der Waals surface area contributed by atoms with Gasteiger partial charge in [-0.3, -0.25) is 9.78 Å². The van der Waals surface area contributed by atoms with Gasteiger partial charge in [0.05, 0.1) is 17.8 Å². The van der Waals surface area contributed by atoms with Crippen LogP contribution < -0.4 is 10.1 Å². The third-order valence-electron chi connectivity index (χ3n) is 2.77. The highest BCUT2D eigenvalue weighted by molar-refractivity contribution is 9.10. The van der Waals surface area contributed by atoms with E-state index in [1.807, 2.05) is 0 Å². The molecule has 2 aromatic rings. The molecule has 1 N–H and O–H groups in total. The predicted octanol–water partition coefficient (Wildman–Crippen LogP) is 4.40. The number of benzene rings is 1. The number of rotatable bonds is 4. The summed E-state index contributed by atoms with van der Waals surface area (Å²) in [5.74, 6) is 0.161. The van der Waals surface area contributed by atoms with E-state index in [0.717, 1.165) is 5.56 Å². The van der Waals surface area contributed by atoms with Crippen molar-refractivity contribution in [3.05, 3.63) is 57.8 Å². The topological polar surface area (TPSA) is 51.2 Å². The highest BCUT2D eigenvalue weighted by Crippen LogP contribution is 2.30. The van der Waals surface area contributed by atoms with Crippen LogP contribution in [0.2, 0.25) is 5.02 Å². The number of carbonyl (C=O) groups is 1. The van der Waals surface area contributed by atoms with Crippen molar-refractivity contribution in [2.45, 2.75) is 0 Å². The van der Waals surface area contributed by atoms with Gasteiger partial charge >= 0.3 is 0 Å². The maximum absolute atomic E-state index is 12.2. The first-order chi connectivity index (χ1) is 10.1. The lowest BCUT2D eigenvalue weighted by atomic mass is 10.2. The third kappa shape index (κ3) is 3.43. The number of pyridine rings is 1. The van der Waals surface area contributed by atoms with Gasteiger partial charge in [0.25, 0.3) is 5.91 Å². The van der Waals surface area contributed by atoms with Gasteiger partial charge in [0.1, 0.15) is 11.4 Å². The number of halogens is 2. The summed E-state index contributed by atoms with van der Waals surface area (Å²) >= 11 is 9.41. The Morgan fingerprint density at radius 1 is 1.52 bits per heavy atom. The fourth-order valence-corrected chi connectivity index (χ4v) is 2.23. The second-order valence-electron chi connectivity index (χ2n) is 4.07. The van der Waals surface area contributed by atoms with E-state index in [-0.39, 0.29) is 11.6 Å². The number of ether oxygens (including phenoxy) is 1. The van der Waals surface area contributed by atoms with Gasteiger partial charge in [-0.2, -0.15) is 0 Å². The highest BCUT2D eigenvalue weighted by Gasteiger charge is 2.13. The number of aromatic nitrogens is 1. The fourth-order valence-electron chi connectivity index (χ4n) is 1.69. The van der Waals surface area contributed by atoms with Crippen molar-refractivity contribution < 1.29 is 9.53 Å². The molecular formula is C15H12BrClN2O2. The van der Waals surface area contributed by atoms with E-state index in [1.165, 1.54) is 13.3 Å². The largest absolute Gasteiger partial charge is 0.496 e. The molecule has 1 aromatic carbocycles. The monoisotopic (exact) mass is 366 g/mol. The molecule has 0 fully saturated rings. The first kappa shape index (κ1) is 15.5. The van der Waals surface area contributed by atoms with E-state index in [4.69, 9.17) is 16.3 Å². The van der Waals surface area contributed by atoms with Gasteiger partial charge in [-0.15, -0.1) is 0 Å². The molecule has 0 bridgehead atoms. The van der Waals surface area contributed by atoms with Gasteiger partial charge in [-0.05, 0) is 28.1 Å². The number of amides is 1. The van der Waals surface area contributed by atoms with Crippen LogP contribution in [0.5, 0.6) is 5.75 Å². The molecule has 0 aliphatic rings. The second-order valence-corrected chi connectivity index (χ2v) is 5.30. The van der Waals surface area contributed by atoms with Crippen molar-refractivity contribution in [1.29, 1.82) is 0 Å². The van der Waals surface area contributed by atoms with E-state index >= 15 is 0 Å². The molecule has 21 heavy (non-hydrogen) atoms. The molecule has 0 aliphatic heterocycles. The Kier molecular flexibility index (Phi) is 4.98. The van der Waals surface area contributed by atoms with Gasteiger partial charge in [0.15, 0.2) is 0 Å². The molecular weight excluding hydrogens is 356 g/mol. The Morgan fingerprint density at radius 3 is 2.95 bits per heavy atom. The van der Waals surface area contributed by atoms with Crippen LogP contribution in [0.4, 0.5) is 5.69 Å². The Hall–Kier alpha value is -1.85. The second kappa shape index (κ2) is 6.74. The van der Waals surface area contributed by atoms with E-state index < -0.39 is 0 Å². The molecule has 1 heterocycles. The van der Waals surface area contributed by atoms with Gasteiger partial charge < -0.3 is 10.1 Å². The molecule has 0 aliphatic carbocycles. The van der Waals surface area contributed by atoms with Crippen molar-refractivity contribution in [2.75, 3.05) is 12.4 Å². The van der Waals surface area contributed by atoms with Crippen molar-refractivity contribution in [1.82, 2.24) is 4.98 Å². The molecule has 2 rings (SSSR count). The first-order valence-corrected chi connectivity index (χ1v) is 7.15. The van der Waals surface area contributed by atoms with Gasteiger partial charge in [0.2, 0.25) is 0 Å². The maximum Gasteiger partial charge on any atom is 0.274 e. The molecule has 0 spiro atoms. The zero-order valence-corrected chi connectivity index (χ0v) is 13.5. The molecule has 1 amide bonds. The third-order valence-corrected chi connectivity index (χ3v) is 4.06. The standard InChI is InChI=1S/C15H12BrClN2O2/c1-3-9-8-18-12(7-13(9)21-2)15(20)19-11-6-4-5-10(16)14(11)17/h3-8H,1H2,2H3,(H,19,20). The Balaban J connectivity index is 2.28. The lowest BCUT2D eigenvalue weighted by Crippen LogP contribution is -2.14. The van der Waals surface area contributed by atoms with Crippen molar-refractivity contribution in [3.8, 4) is 5.75 Å². The Bertz CT molecular complexity index is 704. The maximum atomic E-state index is 12.2. The molecule has 6 heteroatoms. The van der Waals surface area contributed by atoms with Crippen LogP contribution in [-0.4, -0.2) is 18.0 Å². The molecule has 1 aromatic heterocycles. The van der Waals surface area contributed by atoms with Crippen LogP contribution in [0.3, 0.4) is 0 Å². The van der Waals surface area contributed by atoms with Crippen LogP contribution in [0, 0.1) is 0 Å². The van der Waals surface area contributed by atoms with Crippen molar-refractivity contribution >= 4 is 45.2 Å². The van der Waals surface area contributed by atoms with Crippen LogP contribution in [0.1, 0.15) is 16.1 Å². The summed E-state index contributed by atoms with van der Waals surface area (Å²) in [5.41, 5.74) is 1.45. The van der Waals surface area contributed by atoms with Crippen LogP contribution in [-0.2, 0) is 0 Å². The lowest BCUT2D eigenvalue weighted by Gasteiger charge is -2.09. The van der Waals surface area contributed by atoms with Gasteiger partial charge in [-0.1, -0.05) is 30.3 Å². The summed E-state index contributed by atoms with van der Waals surface area (Å²) in [7, 11) is 1.52. The molecule has 0 saturated heterocycles. The minimum absolute atomic E-state index is 0.230. The average molecular weight is 368 g/mol. The molecule has 4 nitrogen and oxygen atoms in total. The molecule has 0 atom stereocenters. The normalized spacial score (nSPS) is 10.0. The number of hydrogen-bond donors (Lipinski definition) is 1. The number of nitrogens with zero attached hydrogens (tertiary/aromatic N) is 1. The first-order valence-electron chi connectivity index (χ1n) is 5.98. The summed E-state index contributed by atoms with van der Waals surface area (Å²) in [6.07, 6.45) is 3.14. The molecule has 0 radical (unpaired) electrons. The Morgan fingerprint density at radius 2 is 2.29 bits per heavy atom. The SMILES string of the molecule is C=Cc1cnc(C(=O)Nc2cccc(Br)c2Cl)cc1OC. The van der Waals surface area contributed by atoms with E-state index in [1.54, 1.807) is 30.3 Å². The molecule has 0 unspecified atom stereocenters. The zero-order valence-electron chi connectivity index (χ0n) is 11.2. The van der Waals surface area contributed by atoms with Crippen molar-refractivity contribution in [3.63, 3.8) is 0 Å². The van der Waals surface area contributed by atoms with E-state index in [0.29, 0.717) is 20.9 Å². The number of carbonyl (C=O) groups excluding carboxylic acids is 1. The van der Waals surface area contributed by atoms with Gasteiger partial charge in [0, 0.05) is 22.3 Å². The zero-order chi connectivity index (χ0) is 15.4. The van der Waals surface area contributed by atoms with E-state index in [2.05, 4.69) is 32.8 Å². The summed E-state index contributed by atoms with van der Waals surface area (Å²) < 4.78 is 5.90. The number of hydrogen-bond acceptors (Lipinski definition) is 3. The Labute approximate surface area is 135 Å². The number of methoxy groups -OCH3 is 1. The lowest BCUT2D eigenvalue weighted by molar-refractivity contribution is 0.102. The van der Waals surface area contributed by atoms with Crippen LogP contribution >= 0.6 is 27.5 Å². The summed E-state index contributed by atoms with van der Waals surface area (Å²) in [6, 6.07) is 6.83. The number of nitrogens with one attached hydrogen (secondary N) is 1.